The highest BCUT2D eigenvalue weighted by Gasteiger charge is 2.60. The SMILES string of the molecule is CC(C)(C)N1CC(C#N)(c2ccc(Cl)cc2)C(c2cccc(Cl)c2F)C1C(=O)O. The van der Waals surface area contributed by atoms with Gasteiger partial charge in [0.05, 0.1) is 11.1 Å². The third kappa shape index (κ3) is 3.61. The van der Waals surface area contributed by atoms with E-state index in [4.69, 9.17) is 23.2 Å². The van der Waals surface area contributed by atoms with Crippen LogP contribution in [-0.2, 0) is 10.2 Å². The molecule has 1 aliphatic rings. The van der Waals surface area contributed by atoms with Crippen molar-refractivity contribution in [2.75, 3.05) is 6.54 Å². The third-order valence-electron chi connectivity index (χ3n) is 5.59. The van der Waals surface area contributed by atoms with Gasteiger partial charge in [-0.25, -0.2) is 4.39 Å². The molecule has 1 aliphatic heterocycles. The first-order chi connectivity index (χ1) is 13.5. The number of nitrogens with zero attached hydrogens (tertiary/aromatic N) is 2. The molecule has 2 aromatic rings. The normalized spacial score (nSPS) is 25.0. The van der Waals surface area contributed by atoms with Gasteiger partial charge in [0.25, 0.3) is 0 Å². The van der Waals surface area contributed by atoms with E-state index in [1.165, 1.54) is 12.1 Å². The van der Waals surface area contributed by atoms with Crippen LogP contribution < -0.4 is 0 Å². The van der Waals surface area contributed by atoms with Gasteiger partial charge < -0.3 is 5.11 Å². The van der Waals surface area contributed by atoms with Crippen LogP contribution in [0.25, 0.3) is 0 Å². The predicted octanol–water partition coefficient (Wildman–Crippen LogP) is 5.24. The van der Waals surface area contributed by atoms with E-state index in [0.29, 0.717) is 10.6 Å². The number of carbonyl (C=O) groups is 1. The Hall–Kier alpha value is -2.13. The lowest BCUT2D eigenvalue weighted by molar-refractivity contribution is -0.144. The van der Waals surface area contributed by atoms with Gasteiger partial charge >= 0.3 is 5.97 Å². The molecule has 0 aliphatic carbocycles. The molecular formula is C22H21Cl2FN2O2. The highest BCUT2D eigenvalue weighted by molar-refractivity contribution is 6.31. The zero-order chi connectivity index (χ0) is 21.6. The van der Waals surface area contributed by atoms with Crippen LogP contribution in [0, 0.1) is 17.1 Å². The average Bonchev–Trinajstić information content (AvgIpc) is 3.01. The van der Waals surface area contributed by atoms with Crippen molar-refractivity contribution in [3.8, 4) is 6.07 Å². The molecule has 152 valence electrons. The summed E-state index contributed by atoms with van der Waals surface area (Å²) in [6, 6.07) is 12.4. The first-order valence-electron chi connectivity index (χ1n) is 9.13. The summed E-state index contributed by atoms with van der Waals surface area (Å²) in [4.78, 5) is 14.1. The summed E-state index contributed by atoms with van der Waals surface area (Å²) in [7, 11) is 0. The lowest BCUT2D eigenvalue weighted by atomic mass is 9.68. The Morgan fingerprint density at radius 2 is 1.86 bits per heavy atom. The smallest absolute Gasteiger partial charge is 0.321 e. The van der Waals surface area contributed by atoms with E-state index < -0.39 is 34.7 Å². The second-order valence-electron chi connectivity index (χ2n) is 8.29. The van der Waals surface area contributed by atoms with Gasteiger partial charge in [-0.2, -0.15) is 5.26 Å². The fourth-order valence-electron chi connectivity index (χ4n) is 4.23. The van der Waals surface area contributed by atoms with Crippen LogP contribution in [-0.4, -0.2) is 34.1 Å². The lowest BCUT2D eigenvalue weighted by Gasteiger charge is -2.36. The number of rotatable bonds is 3. The van der Waals surface area contributed by atoms with Gasteiger partial charge in [-0.3, -0.25) is 9.69 Å². The van der Waals surface area contributed by atoms with E-state index in [0.717, 1.165) is 0 Å². The van der Waals surface area contributed by atoms with Crippen molar-refractivity contribution >= 4 is 29.2 Å². The molecule has 1 heterocycles. The van der Waals surface area contributed by atoms with Crippen molar-refractivity contribution in [1.29, 1.82) is 5.26 Å². The molecule has 1 N–H and O–H groups in total. The Kier molecular flexibility index (Phi) is 5.66. The van der Waals surface area contributed by atoms with E-state index in [2.05, 4.69) is 6.07 Å². The molecule has 0 radical (unpaired) electrons. The maximum Gasteiger partial charge on any atom is 0.321 e. The molecule has 0 saturated carbocycles. The van der Waals surface area contributed by atoms with Crippen LogP contribution in [0.1, 0.15) is 37.8 Å². The summed E-state index contributed by atoms with van der Waals surface area (Å²) in [5, 5.41) is 20.9. The minimum absolute atomic E-state index is 0.108. The van der Waals surface area contributed by atoms with Crippen molar-refractivity contribution in [3.63, 3.8) is 0 Å². The standard InChI is InChI=1S/C22H21Cl2FN2O2/c1-21(2,3)27-12-22(11-26,13-7-9-14(23)10-8-13)17(19(27)20(28)29)15-5-4-6-16(24)18(15)25/h4-10,17,19H,12H2,1-3H3,(H,28,29). The molecule has 1 saturated heterocycles. The Morgan fingerprint density at radius 1 is 1.24 bits per heavy atom. The molecule has 7 heteroatoms. The van der Waals surface area contributed by atoms with Crippen LogP contribution in [0.4, 0.5) is 4.39 Å². The molecule has 3 atom stereocenters. The van der Waals surface area contributed by atoms with Crippen LogP contribution in [0.3, 0.4) is 0 Å². The number of aliphatic carboxylic acids is 1. The van der Waals surface area contributed by atoms with Crippen molar-refractivity contribution in [1.82, 2.24) is 4.90 Å². The minimum Gasteiger partial charge on any atom is -0.480 e. The van der Waals surface area contributed by atoms with Gasteiger partial charge in [0.15, 0.2) is 0 Å². The van der Waals surface area contributed by atoms with Crippen molar-refractivity contribution in [3.05, 3.63) is 69.5 Å². The Labute approximate surface area is 179 Å². The van der Waals surface area contributed by atoms with Crippen LogP contribution in [0.5, 0.6) is 0 Å². The summed E-state index contributed by atoms with van der Waals surface area (Å²) < 4.78 is 15.1. The zero-order valence-electron chi connectivity index (χ0n) is 16.3. The number of carboxylic acid groups (broad SMARTS) is 1. The maximum atomic E-state index is 15.1. The molecule has 0 spiro atoms. The van der Waals surface area contributed by atoms with E-state index >= 15 is 4.39 Å². The maximum absolute atomic E-state index is 15.1. The summed E-state index contributed by atoms with van der Waals surface area (Å²) in [5.41, 5.74) is -1.16. The number of likely N-dealkylation sites (tertiary alicyclic amines) is 1. The fraction of sp³-hybridized carbons (Fsp3) is 0.364. The largest absolute Gasteiger partial charge is 0.480 e. The minimum atomic E-state index is -1.30. The molecular weight excluding hydrogens is 414 g/mol. The number of hydrogen-bond acceptors (Lipinski definition) is 3. The van der Waals surface area contributed by atoms with Gasteiger partial charge in [0, 0.05) is 23.0 Å². The molecule has 0 aromatic heterocycles. The Balaban J connectivity index is 2.34. The van der Waals surface area contributed by atoms with Gasteiger partial charge in [0.2, 0.25) is 0 Å². The summed E-state index contributed by atoms with van der Waals surface area (Å²) in [5.74, 6) is -2.78. The first-order valence-corrected chi connectivity index (χ1v) is 9.89. The second kappa shape index (κ2) is 7.60. The highest BCUT2D eigenvalue weighted by atomic mass is 35.5. The van der Waals surface area contributed by atoms with E-state index in [1.807, 2.05) is 20.8 Å². The quantitative estimate of drug-likeness (QED) is 0.716. The van der Waals surface area contributed by atoms with Crippen molar-refractivity contribution in [2.45, 2.75) is 43.7 Å². The third-order valence-corrected chi connectivity index (χ3v) is 6.14. The Morgan fingerprint density at radius 3 is 2.38 bits per heavy atom. The van der Waals surface area contributed by atoms with Gasteiger partial charge in [-0.15, -0.1) is 0 Å². The van der Waals surface area contributed by atoms with Gasteiger partial charge in [-0.1, -0.05) is 47.5 Å². The number of halogens is 3. The topological polar surface area (TPSA) is 64.3 Å². The molecule has 3 rings (SSSR count). The van der Waals surface area contributed by atoms with Crippen LogP contribution in [0.2, 0.25) is 10.0 Å². The van der Waals surface area contributed by atoms with Crippen LogP contribution in [0.15, 0.2) is 42.5 Å². The van der Waals surface area contributed by atoms with E-state index in [1.54, 1.807) is 35.2 Å². The summed E-state index contributed by atoms with van der Waals surface area (Å²) in [6.45, 7) is 5.76. The van der Waals surface area contributed by atoms with E-state index in [-0.39, 0.29) is 17.1 Å². The molecule has 2 aromatic carbocycles. The molecule has 3 unspecified atom stereocenters. The van der Waals surface area contributed by atoms with Gasteiger partial charge in [-0.05, 0) is 50.1 Å². The molecule has 1 fully saturated rings. The monoisotopic (exact) mass is 434 g/mol. The summed E-state index contributed by atoms with van der Waals surface area (Å²) >= 11 is 12.0. The number of nitriles is 1. The number of benzene rings is 2. The van der Waals surface area contributed by atoms with Crippen molar-refractivity contribution in [2.24, 2.45) is 0 Å². The number of carboxylic acids is 1. The predicted molar refractivity (Wildman–Crippen MR) is 111 cm³/mol. The Bertz CT molecular complexity index is 982. The highest BCUT2D eigenvalue weighted by Crippen LogP contribution is 2.51. The van der Waals surface area contributed by atoms with Gasteiger partial charge in [0.1, 0.15) is 17.3 Å². The second-order valence-corrected chi connectivity index (χ2v) is 9.14. The molecule has 4 nitrogen and oxygen atoms in total. The molecule has 0 bridgehead atoms. The summed E-state index contributed by atoms with van der Waals surface area (Å²) in [6.07, 6.45) is 0. The van der Waals surface area contributed by atoms with E-state index in [9.17, 15) is 15.2 Å². The molecule has 29 heavy (non-hydrogen) atoms. The zero-order valence-corrected chi connectivity index (χ0v) is 17.8. The fourth-order valence-corrected chi connectivity index (χ4v) is 4.54. The van der Waals surface area contributed by atoms with Crippen LogP contribution >= 0.6 is 23.2 Å². The van der Waals surface area contributed by atoms with Crippen molar-refractivity contribution < 1.29 is 14.3 Å². The number of hydrogen-bond donors (Lipinski definition) is 1. The first kappa shape index (κ1) is 21.6. The average molecular weight is 435 g/mol. The molecule has 0 amide bonds. The lowest BCUT2D eigenvalue weighted by Crippen LogP contribution is -2.49.